The number of anilines is 1. The van der Waals surface area contributed by atoms with Gasteiger partial charge in [-0.25, -0.2) is 0 Å². The Hall–Kier alpha value is -2.67. The molecule has 5 aliphatic rings. The van der Waals surface area contributed by atoms with Crippen LogP contribution in [0.3, 0.4) is 0 Å². The Morgan fingerprint density at radius 3 is 2.44 bits per heavy atom. The SMILES string of the molecule is CC(C)c1ccc(NC(=O)[C@@H]2[C@@H]3C=C[C@]4(O3)[C@@H]2C(=O)N(C2CC2)[C@H]4C(=O)N[C@@H]2CCCC[C@@H]2C)cc1. The molecule has 1 spiro atoms. The summed E-state index contributed by atoms with van der Waals surface area (Å²) in [5, 5.41) is 6.30. The molecule has 36 heavy (non-hydrogen) atoms. The highest BCUT2D eigenvalue weighted by Gasteiger charge is 2.74. The first-order chi connectivity index (χ1) is 17.3. The van der Waals surface area contributed by atoms with E-state index in [2.05, 4.69) is 31.4 Å². The lowest BCUT2D eigenvalue weighted by Crippen LogP contribution is -2.57. The molecule has 4 fully saturated rings. The van der Waals surface area contributed by atoms with Gasteiger partial charge in [0.15, 0.2) is 0 Å². The van der Waals surface area contributed by atoms with Gasteiger partial charge >= 0.3 is 0 Å². The van der Waals surface area contributed by atoms with Crippen LogP contribution in [0.5, 0.6) is 0 Å². The van der Waals surface area contributed by atoms with Gasteiger partial charge in [0.25, 0.3) is 0 Å². The molecule has 0 radical (unpaired) electrons. The van der Waals surface area contributed by atoms with Crippen molar-refractivity contribution < 1.29 is 19.1 Å². The van der Waals surface area contributed by atoms with Gasteiger partial charge in [0.1, 0.15) is 11.6 Å². The fraction of sp³-hybridized carbons (Fsp3) is 0.621. The molecule has 3 heterocycles. The fourth-order valence-corrected chi connectivity index (χ4v) is 6.92. The summed E-state index contributed by atoms with van der Waals surface area (Å²) in [6, 6.07) is 7.29. The van der Waals surface area contributed by atoms with E-state index in [0.717, 1.165) is 32.1 Å². The average molecular weight is 492 g/mol. The molecule has 6 rings (SSSR count). The fourth-order valence-electron chi connectivity index (χ4n) is 6.92. The number of carbonyl (C=O) groups is 3. The van der Waals surface area contributed by atoms with Gasteiger partial charge < -0.3 is 20.3 Å². The van der Waals surface area contributed by atoms with Crippen molar-refractivity contribution in [2.24, 2.45) is 17.8 Å². The minimum Gasteiger partial charge on any atom is -0.359 e. The van der Waals surface area contributed by atoms with Crippen molar-refractivity contribution >= 4 is 23.4 Å². The number of carbonyl (C=O) groups excluding carboxylic acids is 3. The Morgan fingerprint density at radius 1 is 1.06 bits per heavy atom. The Bertz CT molecular complexity index is 1090. The van der Waals surface area contributed by atoms with Crippen LogP contribution in [0.15, 0.2) is 36.4 Å². The van der Waals surface area contributed by atoms with Crippen LogP contribution >= 0.6 is 0 Å². The van der Waals surface area contributed by atoms with E-state index in [0.29, 0.717) is 17.5 Å². The van der Waals surface area contributed by atoms with E-state index in [-0.39, 0.29) is 29.8 Å². The highest BCUT2D eigenvalue weighted by molar-refractivity contribution is 6.03. The van der Waals surface area contributed by atoms with Gasteiger partial charge in [0, 0.05) is 17.8 Å². The molecule has 1 aromatic rings. The molecule has 2 saturated carbocycles. The summed E-state index contributed by atoms with van der Waals surface area (Å²) in [5.74, 6) is -0.979. The molecule has 192 valence electrons. The number of hydrogen-bond acceptors (Lipinski definition) is 4. The number of rotatable bonds is 6. The molecule has 7 heteroatoms. The van der Waals surface area contributed by atoms with E-state index < -0.39 is 29.6 Å². The smallest absolute Gasteiger partial charge is 0.246 e. The van der Waals surface area contributed by atoms with Gasteiger partial charge in [-0.2, -0.15) is 0 Å². The van der Waals surface area contributed by atoms with Gasteiger partial charge in [0.2, 0.25) is 17.7 Å². The lowest BCUT2D eigenvalue weighted by Gasteiger charge is -2.36. The first kappa shape index (κ1) is 23.7. The van der Waals surface area contributed by atoms with Crippen LogP contribution < -0.4 is 10.6 Å². The lowest BCUT2D eigenvalue weighted by atomic mass is 9.74. The van der Waals surface area contributed by atoms with Gasteiger partial charge in [0.05, 0.1) is 17.9 Å². The maximum absolute atomic E-state index is 13.9. The van der Waals surface area contributed by atoms with E-state index >= 15 is 0 Å². The number of likely N-dealkylation sites (tertiary alicyclic amines) is 1. The quantitative estimate of drug-likeness (QED) is 0.594. The van der Waals surface area contributed by atoms with Crippen LogP contribution in [-0.4, -0.2) is 52.5 Å². The maximum atomic E-state index is 13.9. The molecular weight excluding hydrogens is 454 g/mol. The Kier molecular flexibility index (Phi) is 5.74. The molecular formula is C29H37N3O4. The summed E-state index contributed by atoms with van der Waals surface area (Å²) < 4.78 is 6.44. The Balaban J connectivity index is 1.26. The molecule has 2 N–H and O–H groups in total. The van der Waals surface area contributed by atoms with E-state index in [4.69, 9.17) is 4.74 Å². The van der Waals surface area contributed by atoms with E-state index in [1.807, 2.05) is 36.4 Å². The number of nitrogens with zero attached hydrogens (tertiary/aromatic N) is 1. The molecule has 3 aliphatic heterocycles. The lowest BCUT2D eigenvalue weighted by molar-refractivity contribution is -0.142. The second-order valence-corrected chi connectivity index (χ2v) is 11.8. The summed E-state index contributed by atoms with van der Waals surface area (Å²) in [5.41, 5.74) is 0.830. The van der Waals surface area contributed by atoms with Crippen LogP contribution in [0.25, 0.3) is 0 Å². The number of amides is 3. The molecule has 7 atom stereocenters. The third-order valence-corrected chi connectivity index (χ3v) is 9.09. The van der Waals surface area contributed by atoms with E-state index in [1.165, 1.54) is 12.0 Å². The first-order valence-corrected chi connectivity index (χ1v) is 13.7. The third kappa shape index (κ3) is 3.69. The van der Waals surface area contributed by atoms with Crippen molar-refractivity contribution in [1.82, 2.24) is 10.2 Å². The standard InChI is InChI=1S/C29H37N3O4/c1-16(2)18-8-10-19(11-9-18)30-26(33)23-22-14-15-29(36-22)24(23)28(35)32(20-12-13-20)25(29)27(34)31-21-7-5-4-6-17(21)3/h8-11,14-17,20-25H,4-7,12-13H2,1-3H3,(H,30,33)(H,31,34)/t17-,21+,22-,23+,24-,25-,29-/m0/s1. The van der Waals surface area contributed by atoms with Crippen molar-refractivity contribution in [3.05, 3.63) is 42.0 Å². The zero-order valence-corrected chi connectivity index (χ0v) is 21.4. The summed E-state index contributed by atoms with van der Waals surface area (Å²) in [6.07, 6.45) is 9.45. The first-order valence-electron chi connectivity index (χ1n) is 13.7. The molecule has 1 aromatic carbocycles. The van der Waals surface area contributed by atoms with Crippen LogP contribution in [0.4, 0.5) is 5.69 Å². The summed E-state index contributed by atoms with van der Waals surface area (Å²) >= 11 is 0. The summed E-state index contributed by atoms with van der Waals surface area (Å²) in [7, 11) is 0. The van der Waals surface area contributed by atoms with Crippen molar-refractivity contribution in [3.8, 4) is 0 Å². The zero-order chi connectivity index (χ0) is 25.2. The summed E-state index contributed by atoms with van der Waals surface area (Å²) in [6.45, 7) is 6.45. The zero-order valence-electron chi connectivity index (χ0n) is 21.4. The van der Waals surface area contributed by atoms with E-state index in [1.54, 1.807) is 4.90 Å². The number of nitrogens with one attached hydrogen (secondary N) is 2. The number of fused-ring (bicyclic) bond motifs is 1. The van der Waals surface area contributed by atoms with Crippen molar-refractivity contribution in [2.45, 2.75) is 95.0 Å². The normalized spacial score (nSPS) is 36.9. The average Bonchev–Trinajstić information content (AvgIpc) is 3.45. The van der Waals surface area contributed by atoms with Crippen LogP contribution in [0.1, 0.15) is 70.8 Å². The van der Waals surface area contributed by atoms with Crippen molar-refractivity contribution in [1.29, 1.82) is 0 Å². The highest BCUT2D eigenvalue weighted by Crippen LogP contribution is 2.57. The molecule has 2 saturated heterocycles. The van der Waals surface area contributed by atoms with Gasteiger partial charge in [-0.1, -0.05) is 57.9 Å². The van der Waals surface area contributed by atoms with Gasteiger partial charge in [-0.3, -0.25) is 14.4 Å². The number of hydrogen-bond donors (Lipinski definition) is 2. The molecule has 3 amide bonds. The number of benzene rings is 1. The minimum atomic E-state index is -1.07. The maximum Gasteiger partial charge on any atom is 0.246 e. The second kappa shape index (κ2) is 8.72. The molecule has 2 bridgehead atoms. The topological polar surface area (TPSA) is 87.7 Å². The summed E-state index contributed by atoms with van der Waals surface area (Å²) in [4.78, 5) is 43.0. The van der Waals surface area contributed by atoms with E-state index in [9.17, 15) is 14.4 Å². The molecule has 7 nitrogen and oxygen atoms in total. The number of ether oxygens (including phenoxy) is 1. The monoisotopic (exact) mass is 491 g/mol. The molecule has 0 aromatic heterocycles. The predicted molar refractivity (Wildman–Crippen MR) is 136 cm³/mol. The molecule has 0 unspecified atom stereocenters. The van der Waals surface area contributed by atoms with Crippen LogP contribution in [0, 0.1) is 17.8 Å². The van der Waals surface area contributed by atoms with Crippen LogP contribution in [0.2, 0.25) is 0 Å². The predicted octanol–water partition coefficient (Wildman–Crippen LogP) is 3.76. The van der Waals surface area contributed by atoms with Crippen molar-refractivity contribution in [3.63, 3.8) is 0 Å². The largest absolute Gasteiger partial charge is 0.359 e. The Labute approximate surface area is 213 Å². The third-order valence-electron chi connectivity index (χ3n) is 9.09. The molecule has 2 aliphatic carbocycles. The Morgan fingerprint density at radius 2 is 1.78 bits per heavy atom. The van der Waals surface area contributed by atoms with Gasteiger partial charge in [-0.15, -0.1) is 0 Å². The minimum absolute atomic E-state index is 0.0559. The van der Waals surface area contributed by atoms with Gasteiger partial charge in [-0.05, 0) is 55.2 Å². The van der Waals surface area contributed by atoms with Crippen LogP contribution in [-0.2, 0) is 19.1 Å². The second-order valence-electron chi connectivity index (χ2n) is 11.8. The highest BCUT2D eigenvalue weighted by atomic mass is 16.5. The van der Waals surface area contributed by atoms with Crippen molar-refractivity contribution in [2.75, 3.05) is 5.32 Å².